The zero-order chi connectivity index (χ0) is 28.7. The van der Waals surface area contributed by atoms with Crippen molar-refractivity contribution in [1.82, 2.24) is 10.2 Å². The number of carbonyl (C=O) groups is 1. The Morgan fingerprint density at radius 2 is 1.50 bits per heavy atom. The lowest BCUT2D eigenvalue weighted by Gasteiger charge is -2.56. The molecule has 1 aliphatic heterocycles. The second-order valence-electron chi connectivity index (χ2n) is 13.8. The van der Waals surface area contributed by atoms with Gasteiger partial charge in [0.25, 0.3) is 5.91 Å². The highest BCUT2D eigenvalue weighted by atomic mass is 16.3. The minimum Gasteiger partial charge on any atom is -0.508 e. The van der Waals surface area contributed by atoms with Crippen LogP contribution in [-0.4, -0.2) is 48.6 Å². The van der Waals surface area contributed by atoms with Gasteiger partial charge in [-0.1, -0.05) is 37.3 Å². The molecule has 220 valence electrons. The Balaban J connectivity index is 0.917. The zero-order valence-corrected chi connectivity index (χ0v) is 25.0. The number of benzene rings is 3. The van der Waals surface area contributed by atoms with Crippen LogP contribution in [0.2, 0.25) is 0 Å². The van der Waals surface area contributed by atoms with E-state index >= 15 is 0 Å². The van der Waals surface area contributed by atoms with Crippen molar-refractivity contribution >= 4 is 11.6 Å². The van der Waals surface area contributed by atoms with Crippen LogP contribution >= 0.6 is 0 Å². The van der Waals surface area contributed by atoms with Gasteiger partial charge in [-0.3, -0.25) is 9.69 Å². The molecule has 3 aromatic carbocycles. The van der Waals surface area contributed by atoms with Crippen LogP contribution in [0.15, 0.2) is 66.7 Å². The van der Waals surface area contributed by atoms with Crippen molar-refractivity contribution in [3.05, 3.63) is 83.4 Å². The van der Waals surface area contributed by atoms with Crippen molar-refractivity contribution in [2.24, 2.45) is 23.2 Å². The third kappa shape index (κ3) is 5.68. The first-order valence-electron chi connectivity index (χ1n) is 16.2. The number of phenolic OH excluding ortho intramolecular Hbond substituents is 1. The van der Waals surface area contributed by atoms with Crippen LogP contribution in [0.1, 0.15) is 66.9 Å². The van der Waals surface area contributed by atoms with Crippen molar-refractivity contribution < 1.29 is 9.90 Å². The van der Waals surface area contributed by atoms with E-state index in [2.05, 4.69) is 58.4 Å². The fraction of sp³-hybridized carbons (Fsp3) is 0.486. The van der Waals surface area contributed by atoms with Crippen molar-refractivity contribution in [3.8, 4) is 16.9 Å². The summed E-state index contributed by atoms with van der Waals surface area (Å²) in [4.78, 5) is 18.1. The Morgan fingerprint density at radius 1 is 0.833 bits per heavy atom. The van der Waals surface area contributed by atoms with E-state index in [1.54, 1.807) is 6.07 Å². The molecule has 42 heavy (non-hydrogen) atoms. The van der Waals surface area contributed by atoms with Crippen LogP contribution in [0, 0.1) is 23.2 Å². The number of anilines is 1. The molecule has 5 aliphatic rings. The highest BCUT2D eigenvalue weighted by molar-refractivity contribution is 5.94. The van der Waals surface area contributed by atoms with Gasteiger partial charge in [0, 0.05) is 50.5 Å². The predicted octanol–water partition coefficient (Wildman–Crippen LogP) is 6.89. The minimum absolute atomic E-state index is 0.0870. The Kier molecular flexibility index (Phi) is 7.47. The molecular weight excluding hydrogens is 518 g/mol. The first-order chi connectivity index (χ1) is 20.4. The molecule has 5 fully saturated rings. The molecule has 3 aromatic rings. The smallest absolute Gasteiger partial charge is 0.251 e. The fourth-order valence-corrected chi connectivity index (χ4v) is 9.08. The van der Waals surface area contributed by atoms with Gasteiger partial charge in [-0.2, -0.15) is 0 Å². The second kappa shape index (κ2) is 11.4. The van der Waals surface area contributed by atoms with Gasteiger partial charge in [-0.05, 0) is 127 Å². The number of amides is 1. The van der Waals surface area contributed by atoms with Crippen LogP contribution in [0.4, 0.5) is 5.69 Å². The fourth-order valence-electron chi connectivity index (χ4n) is 9.08. The average Bonchev–Trinajstić information content (AvgIpc) is 3.00. The Bertz CT molecular complexity index is 1390. The number of hydrogen-bond acceptors (Lipinski definition) is 4. The van der Waals surface area contributed by atoms with E-state index in [0.717, 1.165) is 80.1 Å². The molecule has 4 bridgehead atoms. The molecule has 1 amide bonds. The summed E-state index contributed by atoms with van der Waals surface area (Å²) in [6.45, 7) is 8.05. The molecule has 5 heteroatoms. The Hall–Kier alpha value is -3.31. The molecule has 4 aliphatic carbocycles. The lowest BCUT2D eigenvalue weighted by molar-refractivity contribution is -0.0503. The summed E-state index contributed by atoms with van der Waals surface area (Å²) in [6, 6.07) is 22.5. The van der Waals surface area contributed by atoms with E-state index < -0.39 is 0 Å². The molecular formula is C37H45N3O2. The first kappa shape index (κ1) is 27.5. The molecule has 2 N–H and O–H groups in total. The zero-order valence-electron chi connectivity index (χ0n) is 25.0. The summed E-state index contributed by atoms with van der Waals surface area (Å²) >= 11 is 0. The normalized spacial score (nSPS) is 26.9. The highest BCUT2D eigenvalue weighted by Crippen LogP contribution is 2.59. The van der Waals surface area contributed by atoms with Gasteiger partial charge in [0.1, 0.15) is 5.75 Å². The van der Waals surface area contributed by atoms with Gasteiger partial charge >= 0.3 is 0 Å². The van der Waals surface area contributed by atoms with Gasteiger partial charge < -0.3 is 15.3 Å². The number of aryl methyl sites for hydroxylation is 1. The number of hydrogen-bond donors (Lipinski definition) is 2. The Labute approximate surface area is 250 Å². The van der Waals surface area contributed by atoms with E-state index in [0.29, 0.717) is 11.2 Å². The molecule has 0 aromatic heterocycles. The molecule has 1 heterocycles. The monoisotopic (exact) mass is 563 g/mol. The van der Waals surface area contributed by atoms with Gasteiger partial charge in [0.15, 0.2) is 0 Å². The maximum absolute atomic E-state index is 13.1. The molecule has 0 radical (unpaired) electrons. The van der Waals surface area contributed by atoms with Gasteiger partial charge in [0.2, 0.25) is 0 Å². The number of piperazine rings is 1. The second-order valence-corrected chi connectivity index (χ2v) is 13.8. The molecule has 0 unspecified atom stereocenters. The standard InChI is InChI=1S/C37H45N3O2/c1-2-29-19-32(31-4-3-5-35(41)20-31)6-7-33(29)24-39-12-14-40(15-13-39)34-10-8-30(9-11-34)36(42)38-25-37-21-26-16-27(22-37)18-28(17-26)23-37/h3-11,19-20,26-28,41H,2,12-18,21-25H2,1H3,(H,38,42). The summed E-state index contributed by atoms with van der Waals surface area (Å²) in [5.74, 6) is 3.13. The molecule has 1 saturated heterocycles. The Morgan fingerprint density at radius 3 is 2.14 bits per heavy atom. The quantitative estimate of drug-likeness (QED) is 0.313. The van der Waals surface area contributed by atoms with E-state index in [9.17, 15) is 9.90 Å². The summed E-state index contributed by atoms with van der Waals surface area (Å²) in [5, 5.41) is 13.2. The summed E-state index contributed by atoms with van der Waals surface area (Å²) in [7, 11) is 0. The summed E-state index contributed by atoms with van der Waals surface area (Å²) < 4.78 is 0. The maximum atomic E-state index is 13.1. The number of carbonyl (C=O) groups excluding carboxylic acids is 1. The largest absolute Gasteiger partial charge is 0.508 e. The molecule has 0 spiro atoms. The number of nitrogens with zero attached hydrogens (tertiary/aromatic N) is 2. The number of rotatable bonds is 8. The number of phenols is 1. The van der Waals surface area contributed by atoms with E-state index in [1.165, 1.54) is 55.3 Å². The van der Waals surface area contributed by atoms with E-state index in [-0.39, 0.29) is 5.91 Å². The highest BCUT2D eigenvalue weighted by Gasteiger charge is 2.50. The van der Waals surface area contributed by atoms with Crippen molar-refractivity contribution in [3.63, 3.8) is 0 Å². The van der Waals surface area contributed by atoms with E-state index in [1.807, 2.05) is 24.3 Å². The van der Waals surface area contributed by atoms with E-state index in [4.69, 9.17) is 0 Å². The van der Waals surface area contributed by atoms with Gasteiger partial charge in [-0.15, -0.1) is 0 Å². The van der Waals surface area contributed by atoms with Crippen molar-refractivity contribution in [2.45, 2.75) is 58.4 Å². The van der Waals surface area contributed by atoms with Crippen LogP contribution in [0.5, 0.6) is 5.75 Å². The van der Waals surface area contributed by atoms with Crippen molar-refractivity contribution in [2.75, 3.05) is 37.6 Å². The lowest BCUT2D eigenvalue weighted by Crippen LogP contribution is -2.51. The predicted molar refractivity (Wildman–Crippen MR) is 170 cm³/mol. The number of nitrogens with one attached hydrogen (secondary N) is 1. The SMILES string of the molecule is CCc1cc(-c2cccc(O)c2)ccc1CN1CCN(c2ccc(C(=O)NCC34CC5CC(CC(C5)C3)C4)cc2)CC1. The van der Waals surface area contributed by atoms with Crippen molar-refractivity contribution in [1.29, 1.82) is 0 Å². The summed E-state index contributed by atoms with van der Waals surface area (Å²) in [6.07, 6.45) is 9.30. The molecule has 0 atom stereocenters. The minimum atomic E-state index is 0.0870. The molecule has 5 nitrogen and oxygen atoms in total. The van der Waals surface area contributed by atoms with Gasteiger partial charge in [-0.25, -0.2) is 0 Å². The van der Waals surface area contributed by atoms with Crippen LogP contribution in [-0.2, 0) is 13.0 Å². The molecule has 8 rings (SSSR count). The lowest BCUT2D eigenvalue weighted by atomic mass is 9.49. The third-order valence-corrected chi connectivity index (χ3v) is 10.8. The van der Waals surface area contributed by atoms with Crippen LogP contribution < -0.4 is 10.2 Å². The maximum Gasteiger partial charge on any atom is 0.251 e. The van der Waals surface area contributed by atoms with Crippen LogP contribution in [0.25, 0.3) is 11.1 Å². The average molecular weight is 564 g/mol. The first-order valence-corrected chi connectivity index (χ1v) is 16.2. The molecule has 4 saturated carbocycles. The topological polar surface area (TPSA) is 55.8 Å². The van der Waals surface area contributed by atoms with Crippen LogP contribution in [0.3, 0.4) is 0 Å². The third-order valence-electron chi connectivity index (χ3n) is 10.8. The summed E-state index contributed by atoms with van der Waals surface area (Å²) in [5.41, 5.74) is 7.32. The van der Waals surface area contributed by atoms with Gasteiger partial charge in [0.05, 0.1) is 0 Å². The number of aromatic hydroxyl groups is 1.